The Morgan fingerprint density at radius 3 is 2.72 bits per heavy atom. The minimum atomic E-state index is 0.0535. The van der Waals surface area contributed by atoms with E-state index in [2.05, 4.69) is 34.2 Å². The third-order valence-corrected chi connectivity index (χ3v) is 5.24. The summed E-state index contributed by atoms with van der Waals surface area (Å²) in [5, 5.41) is 7.95. The van der Waals surface area contributed by atoms with E-state index < -0.39 is 0 Å². The monoisotopic (exact) mass is 348 g/mol. The Labute approximate surface area is 150 Å². The number of aryl methyl sites for hydroxylation is 2. The Bertz CT molecular complexity index is 651. The van der Waals surface area contributed by atoms with Gasteiger partial charge in [-0.15, -0.1) is 0 Å². The van der Waals surface area contributed by atoms with Crippen LogP contribution in [-0.4, -0.2) is 51.9 Å². The lowest BCUT2D eigenvalue weighted by molar-refractivity contribution is 0.208. The maximum absolute atomic E-state index is 12.3. The number of nitrogens with one attached hydrogen (secondary N) is 1. The van der Waals surface area contributed by atoms with Crippen LogP contribution in [0.4, 0.5) is 0 Å². The molecule has 0 aliphatic carbocycles. The quantitative estimate of drug-likeness (QED) is 0.506. The standard InChI is InChI=1S/C18H32N6O/c1-14-11-15(2)13-22(12-14)17(19-3)20-8-6-10-24-18(25)23-9-5-4-7-16(23)21-24/h14-15H,4-13H2,1-3H3,(H,19,20). The molecule has 3 heterocycles. The number of guanidine groups is 1. The zero-order valence-corrected chi connectivity index (χ0v) is 15.9. The average molecular weight is 348 g/mol. The van der Waals surface area contributed by atoms with Crippen LogP contribution in [0, 0.1) is 11.8 Å². The molecule has 140 valence electrons. The highest BCUT2D eigenvalue weighted by Gasteiger charge is 2.23. The smallest absolute Gasteiger partial charge is 0.345 e. The van der Waals surface area contributed by atoms with Crippen molar-refractivity contribution in [2.45, 2.75) is 59.0 Å². The van der Waals surface area contributed by atoms with E-state index in [0.717, 1.165) is 63.6 Å². The molecular formula is C18H32N6O. The van der Waals surface area contributed by atoms with Crippen LogP contribution in [0.3, 0.4) is 0 Å². The fraction of sp³-hybridized carbons (Fsp3) is 0.833. The van der Waals surface area contributed by atoms with Gasteiger partial charge in [0.1, 0.15) is 5.82 Å². The van der Waals surface area contributed by atoms with Crippen LogP contribution in [0.1, 0.15) is 45.4 Å². The van der Waals surface area contributed by atoms with E-state index in [1.807, 2.05) is 11.6 Å². The molecule has 1 N–H and O–H groups in total. The SMILES string of the molecule is CN=C(NCCCn1nc2n(c1=O)CCCC2)N1CC(C)CC(C)C1. The van der Waals surface area contributed by atoms with Gasteiger partial charge in [0.15, 0.2) is 5.96 Å². The van der Waals surface area contributed by atoms with Crippen molar-refractivity contribution in [3.8, 4) is 0 Å². The van der Waals surface area contributed by atoms with E-state index in [4.69, 9.17) is 0 Å². The largest absolute Gasteiger partial charge is 0.356 e. The van der Waals surface area contributed by atoms with Crippen molar-refractivity contribution in [3.63, 3.8) is 0 Å². The molecule has 0 radical (unpaired) electrons. The number of nitrogens with zero attached hydrogens (tertiary/aromatic N) is 5. The van der Waals surface area contributed by atoms with Gasteiger partial charge in [0.2, 0.25) is 0 Å². The molecular weight excluding hydrogens is 316 g/mol. The van der Waals surface area contributed by atoms with Crippen LogP contribution in [0.2, 0.25) is 0 Å². The molecule has 0 saturated carbocycles. The predicted octanol–water partition coefficient (Wildman–Crippen LogP) is 1.32. The van der Waals surface area contributed by atoms with Crippen molar-refractivity contribution in [1.82, 2.24) is 24.6 Å². The van der Waals surface area contributed by atoms with Gasteiger partial charge >= 0.3 is 5.69 Å². The van der Waals surface area contributed by atoms with Gasteiger partial charge in [0.05, 0.1) is 0 Å². The zero-order chi connectivity index (χ0) is 17.8. The van der Waals surface area contributed by atoms with Gasteiger partial charge in [-0.3, -0.25) is 9.56 Å². The Morgan fingerprint density at radius 1 is 1.28 bits per heavy atom. The molecule has 0 aromatic carbocycles. The topological polar surface area (TPSA) is 67.5 Å². The lowest BCUT2D eigenvalue weighted by atomic mass is 9.92. The van der Waals surface area contributed by atoms with E-state index in [1.54, 1.807) is 4.68 Å². The molecule has 7 nitrogen and oxygen atoms in total. The average Bonchev–Trinajstić information content (AvgIpc) is 2.90. The summed E-state index contributed by atoms with van der Waals surface area (Å²) in [5.41, 5.74) is 0.0535. The maximum atomic E-state index is 12.3. The molecule has 1 saturated heterocycles. The minimum Gasteiger partial charge on any atom is -0.356 e. The molecule has 2 aliphatic heterocycles. The summed E-state index contributed by atoms with van der Waals surface area (Å²) in [6.45, 7) is 9.04. The Morgan fingerprint density at radius 2 is 2.04 bits per heavy atom. The Balaban J connectivity index is 1.49. The van der Waals surface area contributed by atoms with Gasteiger partial charge in [-0.05, 0) is 37.5 Å². The lowest BCUT2D eigenvalue weighted by Gasteiger charge is -2.37. The second kappa shape index (κ2) is 8.06. The molecule has 0 bridgehead atoms. The van der Waals surface area contributed by atoms with E-state index in [1.165, 1.54) is 6.42 Å². The molecule has 7 heteroatoms. The van der Waals surface area contributed by atoms with Gasteiger partial charge in [-0.1, -0.05) is 13.8 Å². The molecule has 0 amide bonds. The summed E-state index contributed by atoms with van der Waals surface area (Å²) in [6, 6.07) is 0. The number of fused-ring (bicyclic) bond motifs is 1. The molecule has 2 atom stereocenters. The number of hydrogen-bond donors (Lipinski definition) is 1. The number of piperidine rings is 1. The second-order valence-electron chi connectivity index (χ2n) is 7.71. The third kappa shape index (κ3) is 4.25. The first-order chi connectivity index (χ1) is 12.1. The normalized spacial score (nSPS) is 24.3. The van der Waals surface area contributed by atoms with Gasteiger partial charge in [-0.2, -0.15) is 5.10 Å². The van der Waals surface area contributed by atoms with E-state index >= 15 is 0 Å². The molecule has 25 heavy (non-hydrogen) atoms. The Hall–Kier alpha value is -1.79. The van der Waals surface area contributed by atoms with E-state index in [0.29, 0.717) is 18.4 Å². The highest BCUT2D eigenvalue weighted by atomic mass is 16.2. The number of aliphatic imine (C=N–C) groups is 1. The summed E-state index contributed by atoms with van der Waals surface area (Å²) in [6.07, 6.45) is 5.32. The van der Waals surface area contributed by atoms with Crippen LogP contribution in [0.25, 0.3) is 0 Å². The van der Waals surface area contributed by atoms with Crippen LogP contribution >= 0.6 is 0 Å². The molecule has 2 unspecified atom stereocenters. The summed E-state index contributed by atoms with van der Waals surface area (Å²) >= 11 is 0. The number of rotatable bonds is 4. The van der Waals surface area contributed by atoms with Crippen molar-refractivity contribution in [2.75, 3.05) is 26.7 Å². The van der Waals surface area contributed by atoms with Crippen molar-refractivity contribution in [1.29, 1.82) is 0 Å². The first kappa shape index (κ1) is 18.0. The number of hydrogen-bond acceptors (Lipinski definition) is 3. The second-order valence-corrected chi connectivity index (χ2v) is 7.71. The first-order valence-corrected chi connectivity index (χ1v) is 9.70. The molecule has 3 rings (SSSR count). The molecule has 1 aromatic rings. The number of aromatic nitrogens is 3. The van der Waals surface area contributed by atoms with Crippen molar-refractivity contribution < 1.29 is 0 Å². The Kier molecular flexibility index (Phi) is 5.81. The fourth-order valence-corrected chi connectivity index (χ4v) is 4.19. The zero-order valence-electron chi connectivity index (χ0n) is 15.9. The van der Waals surface area contributed by atoms with E-state index in [9.17, 15) is 4.79 Å². The van der Waals surface area contributed by atoms with Gasteiger partial charge in [-0.25, -0.2) is 9.48 Å². The molecule has 1 aromatic heterocycles. The maximum Gasteiger partial charge on any atom is 0.345 e. The van der Waals surface area contributed by atoms with Crippen LogP contribution in [-0.2, 0) is 19.5 Å². The lowest BCUT2D eigenvalue weighted by Crippen LogP contribution is -2.48. The van der Waals surface area contributed by atoms with E-state index in [-0.39, 0.29) is 5.69 Å². The summed E-state index contributed by atoms with van der Waals surface area (Å²) < 4.78 is 3.47. The van der Waals surface area contributed by atoms with Crippen LogP contribution < -0.4 is 11.0 Å². The van der Waals surface area contributed by atoms with Crippen molar-refractivity contribution in [3.05, 3.63) is 16.3 Å². The first-order valence-electron chi connectivity index (χ1n) is 9.70. The predicted molar refractivity (Wildman–Crippen MR) is 99.9 cm³/mol. The van der Waals surface area contributed by atoms with Crippen LogP contribution in [0.15, 0.2) is 9.79 Å². The summed E-state index contributed by atoms with van der Waals surface area (Å²) in [7, 11) is 1.85. The third-order valence-electron chi connectivity index (χ3n) is 5.24. The van der Waals surface area contributed by atoms with Gasteiger partial charge in [0, 0.05) is 46.2 Å². The molecule has 2 aliphatic rings. The van der Waals surface area contributed by atoms with Gasteiger partial charge in [0.25, 0.3) is 0 Å². The molecule has 1 fully saturated rings. The summed E-state index contributed by atoms with van der Waals surface area (Å²) in [4.78, 5) is 19.1. The highest BCUT2D eigenvalue weighted by Crippen LogP contribution is 2.20. The number of likely N-dealkylation sites (tertiary alicyclic amines) is 1. The highest BCUT2D eigenvalue weighted by molar-refractivity contribution is 5.79. The summed E-state index contributed by atoms with van der Waals surface area (Å²) in [5.74, 6) is 3.35. The van der Waals surface area contributed by atoms with Crippen LogP contribution in [0.5, 0.6) is 0 Å². The molecule has 0 spiro atoms. The van der Waals surface area contributed by atoms with Crippen molar-refractivity contribution >= 4 is 5.96 Å². The minimum absolute atomic E-state index is 0.0535. The van der Waals surface area contributed by atoms with Gasteiger partial charge < -0.3 is 10.2 Å². The fourth-order valence-electron chi connectivity index (χ4n) is 4.19. The van der Waals surface area contributed by atoms with Crippen molar-refractivity contribution in [2.24, 2.45) is 16.8 Å².